The van der Waals surface area contributed by atoms with E-state index in [4.69, 9.17) is 5.73 Å². The predicted octanol–water partition coefficient (Wildman–Crippen LogP) is 0.234. The van der Waals surface area contributed by atoms with E-state index in [1.165, 1.54) is 0 Å². The fourth-order valence-electron chi connectivity index (χ4n) is 1.61. The van der Waals surface area contributed by atoms with Crippen LogP contribution in [0.2, 0.25) is 0 Å². The first-order valence-corrected chi connectivity index (χ1v) is 5.99. The number of carbonyl (C=O) groups is 1. The molecule has 0 saturated heterocycles. The van der Waals surface area contributed by atoms with Crippen molar-refractivity contribution in [3.8, 4) is 0 Å². The molecule has 2 heterocycles. The van der Waals surface area contributed by atoms with Gasteiger partial charge < -0.3 is 16.5 Å². The van der Waals surface area contributed by atoms with Crippen LogP contribution >= 0.6 is 0 Å². The average Bonchev–Trinajstić information content (AvgIpc) is 2.80. The summed E-state index contributed by atoms with van der Waals surface area (Å²) in [6.45, 7) is 6.56. The maximum Gasteiger partial charge on any atom is 0.269 e. The molecule has 0 unspecified atom stereocenters. The van der Waals surface area contributed by atoms with E-state index in [9.17, 15) is 4.79 Å². The fraction of sp³-hybridized carbons (Fsp3) is 0.417. The SMILES string of the molecule is CC(C)(C)c1ncc(NC2=CNNC2)c(C(N)=O)n1. The van der Waals surface area contributed by atoms with Crippen molar-refractivity contribution in [2.24, 2.45) is 5.73 Å². The average molecular weight is 262 g/mol. The number of anilines is 1. The summed E-state index contributed by atoms with van der Waals surface area (Å²) in [6, 6.07) is 0. The molecule has 1 amide bonds. The van der Waals surface area contributed by atoms with Gasteiger partial charge in [0.1, 0.15) is 5.82 Å². The van der Waals surface area contributed by atoms with Gasteiger partial charge in [-0.1, -0.05) is 20.8 Å². The number of nitrogens with two attached hydrogens (primary N) is 1. The summed E-state index contributed by atoms with van der Waals surface area (Å²) >= 11 is 0. The van der Waals surface area contributed by atoms with Gasteiger partial charge in [0.2, 0.25) is 0 Å². The van der Waals surface area contributed by atoms with Crippen molar-refractivity contribution >= 4 is 11.6 Å². The normalized spacial score (nSPS) is 14.8. The number of carbonyl (C=O) groups excluding carboxylic acids is 1. The molecule has 0 aliphatic carbocycles. The van der Waals surface area contributed by atoms with Gasteiger partial charge in [-0.2, -0.15) is 0 Å². The van der Waals surface area contributed by atoms with E-state index >= 15 is 0 Å². The van der Waals surface area contributed by atoms with Crippen molar-refractivity contribution in [3.05, 3.63) is 29.6 Å². The summed E-state index contributed by atoms with van der Waals surface area (Å²) < 4.78 is 0. The Labute approximate surface area is 111 Å². The van der Waals surface area contributed by atoms with Gasteiger partial charge in [0.15, 0.2) is 5.69 Å². The van der Waals surface area contributed by atoms with E-state index in [-0.39, 0.29) is 11.1 Å². The van der Waals surface area contributed by atoms with Crippen molar-refractivity contribution in [3.63, 3.8) is 0 Å². The first kappa shape index (κ1) is 13.3. The Morgan fingerprint density at radius 3 is 2.74 bits per heavy atom. The van der Waals surface area contributed by atoms with Crippen molar-refractivity contribution in [2.45, 2.75) is 26.2 Å². The van der Waals surface area contributed by atoms with Crippen LogP contribution < -0.4 is 21.9 Å². The Balaban J connectivity index is 2.35. The molecular formula is C12H18N6O. The molecule has 2 rings (SSSR count). The van der Waals surface area contributed by atoms with Gasteiger partial charge in [-0.05, 0) is 0 Å². The third-order valence-corrected chi connectivity index (χ3v) is 2.62. The lowest BCUT2D eigenvalue weighted by atomic mass is 9.95. The molecule has 1 aromatic rings. The monoisotopic (exact) mass is 262 g/mol. The molecule has 0 aromatic carbocycles. The summed E-state index contributed by atoms with van der Waals surface area (Å²) in [7, 11) is 0. The van der Waals surface area contributed by atoms with Gasteiger partial charge in [-0.25, -0.2) is 15.4 Å². The zero-order valence-electron chi connectivity index (χ0n) is 11.2. The number of hydrogen-bond donors (Lipinski definition) is 4. The van der Waals surface area contributed by atoms with E-state index in [0.29, 0.717) is 18.1 Å². The van der Waals surface area contributed by atoms with E-state index < -0.39 is 5.91 Å². The maximum absolute atomic E-state index is 11.5. The van der Waals surface area contributed by atoms with Crippen LogP contribution in [-0.2, 0) is 5.41 Å². The summed E-state index contributed by atoms with van der Waals surface area (Å²) in [6.07, 6.45) is 3.36. The molecule has 1 aliphatic heterocycles. The van der Waals surface area contributed by atoms with Crippen LogP contribution in [0.5, 0.6) is 0 Å². The van der Waals surface area contributed by atoms with Crippen LogP contribution in [-0.4, -0.2) is 22.4 Å². The van der Waals surface area contributed by atoms with Crippen molar-refractivity contribution < 1.29 is 4.79 Å². The van der Waals surface area contributed by atoms with E-state index in [2.05, 4.69) is 26.1 Å². The third-order valence-electron chi connectivity index (χ3n) is 2.62. The largest absolute Gasteiger partial charge is 0.364 e. The minimum atomic E-state index is -0.574. The molecule has 1 aliphatic rings. The molecule has 1 aromatic heterocycles. The third kappa shape index (κ3) is 3.00. The number of hydrogen-bond acceptors (Lipinski definition) is 6. The molecule has 0 bridgehead atoms. The van der Waals surface area contributed by atoms with Gasteiger partial charge in [-0.15, -0.1) is 0 Å². The number of aromatic nitrogens is 2. The highest BCUT2D eigenvalue weighted by Gasteiger charge is 2.21. The minimum absolute atomic E-state index is 0.202. The lowest BCUT2D eigenvalue weighted by Gasteiger charge is -2.18. The molecular weight excluding hydrogens is 244 g/mol. The van der Waals surface area contributed by atoms with Crippen LogP contribution in [0, 0.1) is 0 Å². The Kier molecular flexibility index (Phi) is 3.39. The van der Waals surface area contributed by atoms with E-state index in [1.54, 1.807) is 12.4 Å². The summed E-state index contributed by atoms with van der Waals surface area (Å²) in [4.78, 5) is 20.1. The van der Waals surface area contributed by atoms with Crippen LogP contribution in [0.1, 0.15) is 37.1 Å². The first-order valence-electron chi connectivity index (χ1n) is 5.99. The highest BCUT2D eigenvalue weighted by atomic mass is 16.1. The zero-order valence-corrected chi connectivity index (χ0v) is 11.2. The number of rotatable bonds is 3. The Morgan fingerprint density at radius 1 is 1.47 bits per heavy atom. The molecule has 0 atom stereocenters. The summed E-state index contributed by atoms with van der Waals surface area (Å²) in [5.74, 6) is 0.0124. The first-order chi connectivity index (χ1) is 8.88. The van der Waals surface area contributed by atoms with Crippen LogP contribution in [0.3, 0.4) is 0 Å². The van der Waals surface area contributed by atoms with Gasteiger partial charge in [0.25, 0.3) is 5.91 Å². The van der Waals surface area contributed by atoms with Crippen LogP contribution in [0.15, 0.2) is 18.1 Å². The van der Waals surface area contributed by atoms with Crippen LogP contribution in [0.4, 0.5) is 5.69 Å². The zero-order chi connectivity index (χ0) is 14.0. The number of amides is 1. The number of nitrogens with one attached hydrogen (secondary N) is 3. The smallest absolute Gasteiger partial charge is 0.269 e. The van der Waals surface area contributed by atoms with E-state index in [1.807, 2.05) is 20.8 Å². The van der Waals surface area contributed by atoms with Gasteiger partial charge in [0.05, 0.1) is 18.4 Å². The molecule has 0 saturated carbocycles. The van der Waals surface area contributed by atoms with Crippen molar-refractivity contribution in [1.82, 2.24) is 20.8 Å². The second-order valence-corrected chi connectivity index (χ2v) is 5.36. The van der Waals surface area contributed by atoms with E-state index in [0.717, 1.165) is 5.70 Å². The molecule has 0 fully saturated rings. The van der Waals surface area contributed by atoms with Crippen molar-refractivity contribution in [1.29, 1.82) is 0 Å². The standard InChI is InChI=1S/C12H18N6O/c1-12(2,3)11-14-6-8(9(18-11)10(13)19)17-7-4-15-16-5-7/h4,6,15-17H,5H2,1-3H3,(H2,13,19). The molecule has 7 nitrogen and oxygen atoms in total. The predicted molar refractivity (Wildman–Crippen MR) is 72.1 cm³/mol. The Bertz CT molecular complexity index is 532. The van der Waals surface area contributed by atoms with Crippen molar-refractivity contribution in [2.75, 3.05) is 11.9 Å². The Hall–Kier alpha value is -2.15. The highest BCUT2D eigenvalue weighted by molar-refractivity contribution is 5.96. The molecule has 0 radical (unpaired) electrons. The molecule has 7 heteroatoms. The minimum Gasteiger partial charge on any atom is -0.364 e. The van der Waals surface area contributed by atoms with Gasteiger partial charge >= 0.3 is 0 Å². The number of nitrogens with zero attached hydrogens (tertiary/aromatic N) is 2. The summed E-state index contributed by atoms with van der Waals surface area (Å²) in [5.41, 5.74) is 12.5. The number of hydrazine groups is 1. The molecule has 19 heavy (non-hydrogen) atoms. The maximum atomic E-state index is 11.5. The summed E-state index contributed by atoms with van der Waals surface area (Å²) in [5, 5.41) is 3.08. The Morgan fingerprint density at radius 2 is 2.21 bits per heavy atom. The second-order valence-electron chi connectivity index (χ2n) is 5.36. The van der Waals surface area contributed by atoms with Crippen LogP contribution in [0.25, 0.3) is 0 Å². The lowest BCUT2D eigenvalue weighted by Crippen LogP contribution is -2.24. The number of primary amides is 1. The highest BCUT2D eigenvalue weighted by Crippen LogP contribution is 2.21. The topological polar surface area (TPSA) is 105 Å². The molecule has 5 N–H and O–H groups in total. The molecule has 0 spiro atoms. The fourth-order valence-corrected chi connectivity index (χ4v) is 1.61. The van der Waals surface area contributed by atoms with Gasteiger partial charge in [0, 0.05) is 17.3 Å². The molecule has 102 valence electrons. The lowest BCUT2D eigenvalue weighted by molar-refractivity contribution is 0.0996. The quantitative estimate of drug-likeness (QED) is 0.621. The van der Waals surface area contributed by atoms with Gasteiger partial charge in [-0.3, -0.25) is 4.79 Å². The second kappa shape index (κ2) is 4.85.